The van der Waals surface area contributed by atoms with Crippen molar-refractivity contribution in [2.24, 2.45) is 0 Å². The molecule has 2 heteroatoms. The van der Waals surface area contributed by atoms with Crippen LogP contribution in [0.5, 0.6) is 0 Å². The van der Waals surface area contributed by atoms with Crippen LogP contribution in [-0.2, 0) is 0 Å². The third-order valence-electron chi connectivity index (χ3n) is 0. The monoisotopic (exact) mass is 139 g/mol. The second-order valence-corrected chi connectivity index (χ2v) is 1.34. The fraction of sp³-hybridized carbons (Fsp3) is 1.00. The highest BCUT2D eigenvalue weighted by Gasteiger charge is 1.58. The maximum atomic E-state index is 2.00. The Morgan fingerprint density at radius 3 is 1.00 bits per heavy atom. The number of nitrogens with zero attached hydrogens (tertiary/aromatic N) is 1. The summed E-state index contributed by atoms with van der Waals surface area (Å²) in [4.78, 5) is 2.00. The molecule has 0 spiro atoms. The molecule has 0 aromatic heterocycles. The van der Waals surface area contributed by atoms with Gasteiger partial charge in [0.2, 0.25) is 0 Å². The Labute approximate surface area is 43.7 Å². The number of rotatable bonds is 0. The molecule has 0 radical (unpaired) electrons. The molecule has 0 rings (SSSR count). The van der Waals surface area contributed by atoms with E-state index in [1.165, 1.54) is 0 Å². The molecule has 0 unspecified atom stereocenters. The maximum Gasteiger partial charge on any atom is -0.0140 e. The predicted molar refractivity (Wildman–Crippen MR) is 29.9 cm³/mol. The van der Waals surface area contributed by atoms with Crippen LogP contribution in [-0.4, -0.2) is 26.0 Å². The van der Waals surface area contributed by atoms with Gasteiger partial charge in [-0.1, -0.05) is 0 Å². The topological polar surface area (TPSA) is 3.24 Å². The summed E-state index contributed by atoms with van der Waals surface area (Å²) in [5.41, 5.74) is 0. The first-order valence-corrected chi connectivity index (χ1v) is 1.34. The van der Waals surface area contributed by atoms with Crippen molar-refractivity contribution in [2.45, 2.75) is 0 Å². The quantitative estimate of drug-likeness (QED) is 0.480. The molecular formula is C3H10BrN. The summed E-state index contributed by atoms with van der Waals surface area (Å²) < 4.78 is 0. The molecule has 0 aliphatic heterocycles. The summed E-state index contributed by atoms with van der Waals surface area (Å²) >= 11 is 0. The number of hydrogen-bond acceptors (Lipinski definition) is 1. The second kappa shape index (κ2) is 4.44. The van der Waals surface area contributed by atoms with Crippen LogP contribution in [0.2, 0.25) is 0 Å². The van der Waals surface area contributed by atoms with Gasteiger partial charge >= 0.3 is 0 Å². The molecule has 0 aromatic rings. The highest BCUT2D eigenvalue weighted by atomic mass is 79.9. The van der Waals surface area contributed by atoms with Crippen molar-refractivity contribution in [3.8, 4) is 0 Å². The van der Waals surface area contributed by atoms with Gasteiger partial charge in [-0.05, 0) is 21.1 Å². The van der Waals surface area contributed by atoms with Crippen molar-refractivity contribution in [3.05, 3.63) is 0 Å². The van der Waals surface area contributed by atoms with Crippen LogP contribution < -0.4 is 0 Å². The van der Waals surface area contributed by atoms with Gasteiger partial charge in [-0.3, -0.25) is 0 Å². The number of hydrogen-bond donors (Lipinski definition) is 0. The molecule has 0 aliphatic carbocycles. The Bertz CT molecular complexity index is 11.6. The average molecular weight is 140 g/mol. The van der Waals surface area contributed by atoms with E-state index in [0.29, 0.717) is 0 Å². The smallest absolute Gasteiger partial charge is 0.0140 e. The van der Waals surface area contributed by atoms with E-state index in [1.807, 2.05) is 26.0 Å². The van der Waals surface area contributed by atoms with Crippen LogP contribution in [0.15, 0.2) is 0 Å². The lowest BCUT2D eigenvalue weighted by Gasteiger charge is -1.90. The van der Waals surface area contributed by atoms with Gasteiger partial charge in [-0.25, -0.2) is 0 Å². The fourth-order valence-electron chi connectivity index (χ4n) is 0. The van der Waals surface area contributed by atoms with Crippen LogP contribution >= 0.6 is 17.0 Å². The molecule has 0 fully saturated rings. The van der Waals surface area contributed by atoms with Crippen molar-refractivity contribution in [1.29, 1.82) is 0 Å². The van der Waals surface area contributed by atoms with Crippen molar-refractivity contribution in [3.63, 3.8) is 0 Å². The summed E-state index contributed by atoms with van der Waals surface area (Å²) in [5.74, 6) is 0. The minimum Gasteiger partial charge on any atom is -0.312 e. The minimum atomic E-state index is 0. The van der Waals surface area contributed by atoms with E-state index >= 15 is 0 Å². The van der Waals surface area contributed by atoms with Crippen molar-refractivity contribution in [2.75, 3.05) is 21.1 Å². The molecular weight excluding hydrogens is 130 g/mol. The summed E-state index contributed by atoms with van der Waals surface area (Å²) in [6.07, 6.45) is 0. The van der Waals surface area contributed by atoms with Crippen molar-refractivity contribution in [1.82, 2.24) is 4.90 Å². The predicted octanol–water partition coefficient (Wildman–Crippen LogP) is 0.756. The molecule has 0 aliphatic rings. The van der Waals surface area contributed by atoms with Crippen molar-refractivity contribution >= 4 is 17.0 Å². The van der Waals surface area contributed by atoms with E-state index in [0.717, 1.165) is 0 Å². The second-order valence-electron chi connectivity index (χ2n) is 1.34. The molecule has 0 saturated carbocycles. The lowest BCUT2D eigenvalue weighted by Crippen LogP contribution is -1.99. The Morgan fingerprint density at radius 1 is 1.00 bits per heavy atom. The Hall–Kier alpha value is 0.440. The Morgan fingerprint density at radius 2 is 1.00 bits per heavy atom. The van der Waals surface area contributed by atoms with Gasteiger partial charge in [0.05, 0.1) is 0 Å². The molecule has 0 bridgehead atoms. The van der Waals surface area contributed by atoms with E-state index < -0.39 is 0 Å². The van der Waals surface area contributed by atoms with E-state index in [-0.39, 0.29) is 17.0 Å². The molecule has 5 heavy (non-hydrogen) atoms. The molecule has 34 valence electrons. The van der Waals surface area contributed by atoms with Gasteiger partial charge in [-0.2, -0.15) is 0 Å². The molecule has 0 amide bonds. The molecule has 0 heterocycles. The van der Waals surface area contributed by atoms with Gasteiger partial charge in [0, 0.05) is 0 Å². The molecule has 0 aromatic carbocycles. The zero-order valence-electron chi connectivity index (χ0n) is 3.86. The molecule has 1 nitrogen and oxygen atoms in total. The largest absolute Gasteiger partial charge is 0.312 e. The highest BCUT2D eigenvalue weighted by molar-refractivity contribution is 8.93. The fourth-order valence-corrected chi connectivity index (χ4v) is 0. The van der Waals surface area contributed by atoms with Crippen LogP contribution in [0, 0.1) is 0 Å². The summed E-state index contributed by atoms with van der Waals surface area (Å²) in [6.45, 7) is 0. The first-order chi connectivity index (χ1) is 1.73. The van der Waals surface area contributed by atoms with Gasteiger partial charge in [-0.15, -0.1) is 17.0 Å². The number of halogens is 1. The first-order valence-electron chi connectivity index (χ1n) is 1.34. The normalized spacial score (nSPS) is 7.20. The Kier molecular flexibility index (Phi) is 8.05. The summed E-state index contributed by atoms with van der Waals surface area (Å²) in [5, 5.41) is 0. The Balaban J connectivity index is 0. The van der Waals surface area contributed by atoms with Crippen LogP contribution in [0.25, 0.3) is 0 Å². The first kappa shape index (κ1) is 9.06. The zero-order valence-corrected chi connectivity index (χ0v) is 5.57. The van der Waals surface area contributed by atoms with Crippen LogP contribution in [0.4, 0.5) is 0 Å². The lowest BCUT2D eigenvalue weighted by molar-refractivity contribution is 0.505. The summed E-state index contributed by atoms with van der Waals surface area (Å²) in [6, 6.07) is 0. The lowest BCUT2D eigenvalue weighted by atomic mass is 11.0. The highest BCUT2D eigenvalue weighted by Crippen LogP contribution is 1.47. The van der Waals surface area contributed by atoms with Gasteiger partial charge < -0.3 is 4.90 Å². The average Bonchev–Trinajstić information content (AvgIpc) is 0.811. The standard InChI is InChI=1S/C3H9N.BrH/c1-4(2)3;/h1-3H3;1H. The minimum absolute atomic E-state index is 0. The van der Waals surface area contributed by atoms with Gasteiger partial charge in [0.1, 0.15) is 0 Å². The molecule has 0 saturated heterocycles. The maximum absolute atomic E-state index is 2.00. The van der Waals surface area contributed by atoms with E-state index in [1.54, 1.807) is 0 Å². The zero-order chi connectivity index (χ0) is 3.58. The van der Waals surface area contributed by atoms with E-state index in [9.17, 15) is 0 Å². The van der Waals surface area contributed by atoms with Gasteiger partial charge in [0.15, 0.2) is 0 Å². The third-order valence-corrected chi connectivity index (χ3v) is 0. The van der Waals surface area contributed by atoms with Crippen LogP contribution in [0.1, 0.15) is 0 Å². The third kappa shape index (κ3) is 137. The van der Waals surface area contributed by atoms with Gasteiger partial charge in [0.25, 0.3) is 0 Å². The SMILES string of the molecule is Br.CN(C)C. The molecule has 0 N–H and O–H groups in total. The summed E-state index contributed by atoms with van der Waals surface area (Å²) in [7, 11) is 6.00. The van der Waals surface area contributed by atoms with Crippen molar-refractivity contribution < 1.29 is 0 Å². The molecule has 0 atom stereocenters. The van der Waals surface area contributed by atoms with Crippen LogP contribution in [0.3, 0.4) is 0 Å². The van der Waals surface area contributed by atoms with E-state index in [4.69, 9.17) is 0 Å². The van der Waals surface area contributed by atoms with E-state index in [2.05, 4.69) is 0 Å².